The molecular weight excluding hydrogens is 320 g/mol. The lowest BCUT2D eigenvalue weighted by molar-refractivity contribution is -0.384. The van der Waals surface area contributed by atoms with Crippen LogP contribution in [0.2, 0.25) is 0 Å². The van der Waals surface area contributed by atoms with Gasteiger partial charge in [-0.15, -0.1) is 0 Å². The summed E-state index contributed by atoms with van der Waals surface area (Å²) in [5.74, 6) is 0.195. The van der Waals surface area contributed by atoms with Gasteiger partial charge in [0.05, 0.1) is 11.0 Å². The minimum Gasteiger partial charge on any atom is -0.481 e. The first-order valence-electron chi connectivity index (χ1n) is 8.27. The monoisotopic (exact) mass is 342 g/mol. The first-order chi connectivity index (χ1) is 12.0. The maximum atomic E-state index is 12.4. The third-order valence-corrected chi connectivity index (χ3v) is 3.83. The van der Waals surface area contributed by atoms with E-state index in [1.54, 1.807) is 6.92 Å². The fourth-order valence-electron chi connectivity index (χ4n) is 2.49. The SMILES string of the molecule is CCC[C@@H](NC(=O)[C@@H](C)Oc1ccc([N+](=O)[O-])cc1)c1ccccc1. The summed E-state index contributed by atoms with van der Waals surface area (Å²) >= 11 is 0. The molecule has 25 heavy (non-hydrogen) atoms. The molecule has 0 bridgehead atoms. The number of ether oxygens (including phenoxy) is 1. The second-order valence-corrected chi connectivity index (χ2v) is 5.77. The number of hydrogen-bond acceptors (Lipinski definition) is 4. The summed E-state index contributed by atoms with van der Waals surface area (Å²) in [5.41, 5.74) is 1.04. The molecule has 0 radical (unpaired) electrons. The molecule has 0 aliphatic rings. The molecule has 2 aromatic rings. The van der Waals surface area contributed by atoms with Gasteiger partial charge >= 0.3 is 0 Å². The number of hydrogen-bond donors (Lipinski definition) is 1. The highest BCUT2D eigenvalue weighted by atomic mass is 16.6. The first kappa shape index (κ1) is 18.4. The maximum absolute atomic E-state index is 12.4. The second-order valence-electron chi connectivity index (χ2n) is 5.77. The Morgan fingerprint density at radius 1 is 1.16 bits per heavy atom. The van der Waals surface area contributed by atoms with E-state index < -0.39 is 11.0 Å². The molecule has 2 aromatic carbocycles. The molecule has 6 nitrogen and oxygen atoms in total. The van der Waals surface area contributed by atoms with Crippen LogP contribution in [0.4, 0.5) is 5.69 Å². The van der Waals surface area contributed by atoms with E-state index >= 15 is 0 Å². The molecule has 132 valence electrons. The number of nitro benzene ring substituents is 1. The molecule has 6 heteroatoms. The molecule has 2 rings (SSSR count). The van der Waals surface area contributed by atoms with E-state index in [1.165, 1.54) is 24.3 Å². The van der Waals surface area contributed by atoms with Crippen LogP contribution < -0.4 is 10.1 Å². The van der Waals surface area contributed by atoms with Crippen molar-refractivity contribution in [3.05, 3.63) is 70.3 Å². The zero-order chi connectivity index (χ0) is 18.2. The quantitative estimate of drug-likeness (QED) is 0.580. The van der Waals surface area contributed by atoms with Crippen molar-refractivity contribution < 1.29 is 14.5 Å². The highest BCUT2D eigenvalue weighted by Gasteiger charge is 2.20. The Kier molecular flexibility index (Phi) is 6.51. The van der Waals surface area contributed by atoms with Gasteiger partial charge in [0.1, 0.15) is 5.75 Å². The highest BCUT2D eigenvalue weighted by molar-refractivity contribution is 5.81. The van der Waals surface area contributed by atoms with E-state index in [9.17, 15) is 14.9 Å². The van der Waals surface area contributed by atoms with Gasteiger partial charge < -0.3 is 10.1 Å². The summed E-state index contributed by atoms with van der Waals surface area (Å²) in [5, 5.41) is 13.7. The largest absolute Gasteiger partial charge is 0.481 e. The predicted molar refractivity (Wildman–Crippen MR) is 95.4 cm³/mol. The van der Waals surface area contributed by atoms with Gasteiger partial charge in [-0.2, -0.15) is 0 Å². The molecule has 0 aliphatic heterocycles. The molecule has 1 N–H and O–H groups in total. The minimum atomic E-state index is -0.704. The topological polar surface area (TPSA) is 81.5 Å². The standard InChI is InChI=1S/C19H22N2O4/c1-3-7-18(15-8-5-4-6-9-15)20-19(22)14(2)25-17-12-10-16(11-13-17)21(23)24/h4-6,8-14,18H,3,7H2,1-2H3,(H,20,22)/t14-,18-/m1/s1. The molecule has 0 unspecified atom stereocenters. The van der Waals surface area contributed by atoms with Crippen LogP contribution in [0, 0.1) is 10.1 Å². The number of carbonyl (C=O) groups excluding carboxylic acids is 1. The predicted octanol–water partition coefficient (Wildman–Crippen LogP) is 4.02. The Bertz CT molecular complexity index is 701. The van der Waals surface area contributed by atoms with Crippen LogP contribution in [0.25, 0.3) is 0 Å². The van der Waals surface area contributed by atoms with E-state index in [0.717, 1.165) is 18.4 Å². The second kappa shape index (κ2) is 8.82. The normalized spacial score (nSPS) is 12.9. The number of nitrogens with one attached hydrogen (secondary N) is 1. The van der Waals surface area contributed by atoms with Gasteiger partial charge in [0.2, 0.25) is 0 Å². The average molecular weight is 342 g/mol. The molecule has 0 fully saturated rings. The van der Waals surface area contributed by atoms with E-state index in [1.807, 2.05) is 30.3 Å². The summed E-state index contributed by atoms with van der Waals surface area (Å²) in [6.45, 7) is 3.73. The molecule has 1 amide bonds. The maximum Gasteiger partial charge on any atom is 0.269 e. The van der Waals surface area contributed by atoms with Crippen LogP contribution >= 0.6 is 0 Å². The lowest BCUT2D eigenvalue weighted by atomic mass is 10.0. The summed E-state index contributed by atoms with van der Waals surface area (Å²) in [7, 11) is 0. The molecule has 0 aromatic heterocycles. The Morgan fingerprint density at radius 2 is 1.80 bits per heavy atom. The molecule has 0 saturated heterocycles. The van der Waals surface area contributed by atoms with Crippen molar-refractivity contribution in [1.82, 2.24) is 5.32 Å². The van der Waals surface area contributed by atoms with E-state index in [0.29, 0.717) is 5.75 Å². The molecule has 0 spiro atoms. The number of rotatable bonds is 8. The van der Waals surface area contributed by atoms with Crippen LogP contribution in [0.15, 0.2) is 54.6 Å². The van der Waals surface area contributed by atoms with E-state index in [4.69, 9.17) is 4.74 Å². The first-order valence-corrected chi connectivity index (χ1v) is 8.27. The van der Waals surface area contributed by atoms with Gasteiger partial charge in [0.15, 0.2) is 6.10 Å². The van der Waals surface area contributed by atoms with Gasteiger partial charge in [0, 0.05) is 12.1 Å². The average Bonchev–Trinajstić information content (AvgIpc) is 2.62. The van der Waals surface area contributed by atoms with Crippen molar-refractivity contribution in [2.24, 2.45) is 0 Å². The van der Waals surface area contributed by atoms with Crippen LogP contribution in [-0.4, -0.2) is 16.9 Å². The fraction of sp³-hybridized carbons (Fsp3) is 0.316. The minimum absolute atomic E-state index is 0.0171. The van der Waals surface area contributed by atoms with Gasteiger partial charge in [0.25, 0.3) is 11.6 Å². The van der Waals surface area contributed by atoms with Crippen LogP contribution in [-0.2, 0) is 4.79 Å². The van der Waals surface area contributed by atoms with E-state index in [-0.39, 0.29) is 17.6 Å². The van der Waals surface area contributed by atoms with Crippen molar-refractivity contribution in [2.75, 3.05) is 0 Å². The van der Waals surface area contributed by atoms with Gasteiger partial charge in [-0.05, 0) is 31.0 Å². The van der Waals surface area contributed by atoms with Crippen molar-refractivity contribution in [2.45, 2.75) is 38.8 Å². The van der Waals surface area contributed by atoms with Crippen LogP contribution in [0.1, 0.15) is 38.3 Å². The Balaban J connectivity index is 1.99. The molecule has 0 heterocycles. The number of nitrogens with zero attached hydrogens (tertiary/aromatic N) is 1. The fourth-order valence-corrected chi connectivity index (χ4v) is 2.49. The summed E-state index contributed by atoms with van der Waals surface area (Å²) in [6.07, 6.45) is 1.07. The number of carbonyl (C=O) groups is 1. The molecular formula is C19H22N2O4. The van der Waals surface area contributed by atoms with Crippen LogP contribution in [0.5, 0.6) is 5.75 Å². The highest BCUT2D eigenvalue weighted by Crippen LogP contribution is 2.20. The Morgan fingerprint density at radius 3 is 2.36 bits per heavy atom. The number of non-ortho nitro benzene ring substituents is 1. The number of amides is 1. The number of nitro groups is 1. The molecule has 2 atom stereocenters. The molecule has 0 saturated carbocycles. The van der Waals surface area contributed by atoms with Crippen molar-refractivity contribution >= 4 is 11.6 Å². The van der Waals surface area contributed by atoms with Gasteiger partial charge in [-0.1, -0.05) is 43.7 Å². The lowest BCUT2D eigenvalue weighted by Crippen LogP contribution is -2.38. The zero-order valence-electron chi connectivity index (χ0n) is 14.3. The zero-order valence-corrected chi connectivity index (χ0v) is 14.3. The summed E-state index contributed by atoms with van der Waals surface area (Å²) in [6, 6.07) is 15.4. The summed E-state index contributed by atoms with van der Waals surface area (Å²) in [4.78, 5) is 22.6. The third-order valence-electron chi connectivity index (χ3n) is 3.83. The van der Waals surface area contributed by atoms with Crippen molar-refractivity contribution in [3.63, 3.8) is 0 Å². The molecule has 0 aliphatic carbocycles. The van der Waals surface area contributed by atoms with Crippen molar-refractivity contribution in [3.8, 4) is 5.75 Å². The van der Waals surface area contributed by atoms with E-state index in [2.05, 4.69) is 12.2 Å². The van der Waals surface area contributed by atoms with Gasteiger partial charge in [-0.3, -0.25) is 14.9 Å². The number of benzene rings is 2. The lowest BCUT2D eigenvalue weighted by Gasteiger charge is -2.21. The Labute approximate surface area is 147 Å². The Hall–Kier alpha value is -2.89. The smallest absolute Gasteiger partial charge is 0.269 e. The third kappa shape index (κ3) is 5.31. The summed E-state index contributed by atoms with van der Waals surface area (Å²) < 4.78 is 5.59. The van der Waals surface area contributed by atoms with Gasteiger partial charge in [-0.25, -0.2) is 0 Å². The van der Waals surface area contributed by atoms with Crippen molar-refractivity contribution in [1.29, 1.82) is 0 Å². The van der Waals surface area contributed by atoms with Crippen LogP contribution in [0.3, 0.4) is 0 Å².